The summed E-state index contributed by atoms with van der Waals surface area (Å²) in [5.74, 6) is 1.03. The highest BCUT2D eigenvalue weighted by molar-refractivity contribution is 5.16. The summed E-state index contributed by atoms with van der Waals surface area (Å²) in [6.07, 6.45) is 8.81. The number of aliphatic hydroxyl groups is 1. The molecular weight excluding hydrogens is 212 g/mol. The van der Waals surface area contributed by atoms with Crippen molar-refractivity contribution in [2.24, 2.45) is 0 Å². The molecule has 1 aromatic rings. The Hall–Kier alpha value is -1.28. The van der Waals surface area contributed by atoms with Gasteiger partial charge in [-0.25, -0.2) is 0 Å². The first kappa shape index (κ1) is 13.8. The third-order valence-electron chi connectivity index (χ3n) is 2.71. The fourth-order valence-corrected chi connectivity index (χ4v) is 1.73. The van der Waals surface area contributed by atoms with Crippen LogP contribution in [-0.2, 0) is 6.42 Å². The maximum atomic E-state index is 8.74. The quantitative estimate of drug-likeness (QED) is 0.760. The van der Waals surface area contributed by atoms with Gasteiger partial charge in [-0.1, -0.05) is 23.3 Å². The number of rotatable bonds is 6. The second kappa shape index (κ2) is 7.13. The summed E-state index contributed by atoms with van der Waals surface area (Å²) in [6, 6.07) is 2.08. The Morgan fingerprint density at radius 2 is 2.06 bits per heavy atom. The number of furan rings is 1. The van der Waals surface area contributed by atoms with Gasteiger partial charge < -0.3 is 9.52 Å². The van der Waals surface area contributed by atoms with Crippen LogP contribution in [0.4, 0.5) is 0 Å². The fourth-order valence-electron chi connectivity index (χ4n) is 1.73. The molecule has 0 aliphatic heterocycles. The van der Waals surface area contributed by atoms with Crippen molar-refractivity contribution in [1.82, 2.24) is 0 Å². The van der Waals surface area contributed by atoms with Gasteiger partial charge in [0.15, 0.2) is 0 Å². The Morgan fingerprint density at radius 3 is 2.65 bits per heavy atom. The largest absolute Gasteiger partial charge is 0.469 e. The van der Waals surface area contributed by atoms with Crippen LogP contribution in [0.1, 0.15) is 38.0 Å². The minimum Gasteiger partial charge on any atom is -0.469 e. The zero-order valence-corrected chi connectivity index (χ0v) is 11.0. The van der Waals surface area contributed by atoms with Gasteiger partial charge in [-0.2, -0.15) is 0 Å². The Morgan fingerprint density at radius 1 is 1.29 bits per heavy atom. The van der Waals surface area contributed by atoms with Crippen LogP contribution < -0.4 is 0 Å². The van der Waals surface area contributed by atoms with Crippen LogP contribution >= 0.6 is 0 Å². The van der Waals surface area contributed by atoms with Crippen LogP contribution in [0.3, 0.4) is 0 Å². The average Bonchev–Trinajstić information content (AvgIpc) is 2.64. The maximum absolute atomic E-state index is 8.74. The van der Waals surface area contributed by atoms with Crippen LogP contribution in [0.2, 0.25) is 0 Å². The molecule has 0 unspecified atom stereocenters. The minimum atomic E-state index is 0.139. The molecule has 0 saturated carbocycles. The van der Waals surface area contributed by atoms with Gasteiger partial charge in [0.1, 0.15) is 5.76 Å². The number of aliphatic hydroxyl groups excluding tert-OH is 1. The van der Waals surface area contributed by atoms with Crippen LogP contribution in [0.15, 0.2) is 40.0 Å². The molecule has 0 saturated heterocycles. The lowest BCUT2D eigenvalue weighted by Crippen LogP contribution is -1.85. The van der Waals surface area contributed by atoms with Crippen molar-refractivity contribution >= 4 is 0 Å². The minimum absolute atomic E-state index is 0.139. The number of hydrogen-bond acceptors (Lipinski definition) is 2. The lowest BCUT2D eigenvalue weighted by molar-refractivity contribution is 0.341. The molecule has 0 radical (unpaired) electrons. The first-order valence-corrected chi connectivity index (χ1v) is 6.08. The van der Waals surface area contributed by atoms with E-state index in [0.717, 1.165) is 25.0 Å². The van der Waals surface area contributed by atoms with E-state index in [4.69, 9.17) is 9.52 Å². The van der Waals surface area contributed by atoms with E-state index in [-0.39, 0.29) is 6.61 Å². The molecule has 0 spiro atoms. The monoisotopic (exact) mass is 234 g/mol. The van der Waals surface area contributed by atoms with Crippen molar-refractivity contribution in [3.8, 4) is 0 Å². The predicted molar refractivity (Wildman–Crippen MR) is 71.0 cm³/mol. The standard InChI is InChI=1S/C15H22O2/c1-12(7-8-16)5-4-6-13(2)9-15-10-14(3)11-17-15/h6-7,10-11,16H,4-5,8-9H2,1-3H3/b12-7+,13-6+. The van der Waals surface area contributed by atoms with Gasteiger partial charge in [0.25, 0.3) is 0 Å². The summed E-state index contributed by atoms with van der Waals surface area (Å²) < 4.78 is 5.42. The molecule has 1 aromatic heterocycles. The molecule has 0 amide bonds. The van der Waals surface area contributed by atoms with Gasteiger partial charge in [-0.05, 0) is 45.2 Å². The van der Waals surface area contributed by atoms with E-state index in [1.807, 2.05) is 13.0 Å². The summed E-state index contributed by atoms with van der Waals surface area (Å²) in [4.78, 5) is 0. The second-order valence-corrected chi connectivity index (χ2v) is 4.59. The Kier molecular flexibility index (Phi) is 5.78. The number of allylic oxidation sites excluding steroid dienone is 3. The van der Waals surface area contributed by atoms with E-state index in [0.29, 0.717) is 0 Å². The van der Waals surface area contributed by atoms with Crippen LogP contribution in [0.5, 0.6) is 0 Å². The molecule has 0 bridgehead atoms. The molecule has 0 fully saturated rings. The first-order chi connectivity index (χ1) is 8.11. The van der Waals surface area contributed by atoms with Crippen LogP contribution in [-0.4, -0.2) is 11.7 Å². The number of aryl methyl sites for hydroxylation is 1. The van der Waals surface area contributed by atoms with Gasteiger partial charge in [0, 0.05) is 6.42 Å². The Bertz CT molecular complexity index is 397. The normalized spacial score (nSPS) is 13.2. The third-order valence-corrected chi connectivity index (χ3v) is 2.71. The molecule has 0 aliphatic carbocycles. The molecule has 2 heteroatoms. The lowest BCUT2D eigenvalue weighted by atomic mass is 10.1. The van der Waals surface area contributed by atoms with Crippen molar-refractivity contribution in [3.05, 3.63) is 47.0 Å². The number of hydrogen-bond donors (Lipinski definition) is 1. The van der Waals surface area contributed by atoms with Gasteiger partial charge in [-0.15, -0.1) is 0 Å². The molecule has 0 atom stereocenters. The summed E-state index contributed by atoms with van der Waals surface area (Å²) in [5.41, 5.74) is 3.75. The molecule has 1 N–H and O–H groups in total. The van der Waals surface area contributed by atoms with Crippen molar-refractivity contribution in [2.75, 3.05) is 6.61 Å². The van der Waals surface area contributed by atoms with Crippen molar-refractivity contribution in [2.45, 2.75) is 40.0 Å². The van der Waals surface area contributed by atoms with Gasteiger partial charge in [0.05, 0.1) is 12.9 Å². The molecular formula is C15H22O2. The molecule has 94 valence electrons. The van der Waals surface area contributed by atoms with E-state index in [1.165, 1.54) is 16.7 Å². The predicted octanol–water partition coefficient (Wildman–Crippen LogP) is 3.80. The average molecular weight is 234 g/mol. The maximum Gasteiger partial charge on any atom is 0.108 e. The second-order valence-electron chi connectivity index (χ2n) is 4.59. The zero-order valence-electron chi connectivity index (χ0n) is 11.0. The summed E-state index contributed by atoms with van der Waals surface area (Å²) in [7, 11) is 0. The molecule has 1 heterocycles. The van der Waals surface area contributed by atoms with Gasteiger partial charge in [0.2, 0.25) is 0 Å². The van der Waals surface area contributed by atoms with Crippen molar-refractivity contribution in [1.29, 1.82) is 0 Å². The highest BCUT2D eigenvalue weighted by Gasteiger charge is 1.99. The van der Waals surface area contributed by atoms with E-state index >= 15 is 0 Å². The van der Waals surface area contributed by atoms with E-state index in [2.05, 4.69) is 26.0 Å². The molecule has 1 rings (SSSR count). The molecule has 0 aliphatic rings. The molecule has 0 aromatic carbocycles. The lowest BCUT2D eigenvalue weighted by Gasteiger charge is -2.00. The Labute approximate surface area is 104 Å². The topological polar surface area (TPSA) is 33.4 Å². The third kappa shape index (κ3) is 5.55. The Balaban J connectivity index is 2.37. The van der Waals surface area contributed by atoms with E-state index in [1.54, 1.807) is 6.26 Å². The summed E-state index contributed by atoms with van der Waals surface area (Å²) >= 11 is 0. The van der Waals surface area contributed by atoms with Gasteiger partial charge in [-0.3, -0.25) is 0 Å². The van der Waals surface area contributed by atoms with E-state index in [9.17, 15) is 0 Å². The zero-order chi connectivity index (χ0) is 12.7. The highest BCUT2D eigenvalue weighted by atomic mass is 16.3. The highest BCUT2D eigenvalue weighted by Crippen LogP contribution is 2.13. The van der Waals surface area contributed by atoms with E-state index < -0.39 is 0 Å². The SMILES string of the molecule is C/C(=C\CO)CC/C=C(\C)Cc1cc(C)co1. The molecule has 17 heavy (non-hydrogen) atoms. The smallest absolute Gasteiger partial charge is 0.108 e. The van der Waals surface area contributed by atoms with Crippen LogP contribution in [0, 0.1) is 6.92 Å². The summed E-state index contributed by atoms with van der Waals surface area (Å²) in [6.45, 7) is 6.35. The molecule has 2 nitrogen and oxygen atoms in total. The van der Waals surface area contributed by atoms with Crippen molar-refractivity contribution < 1.29 is 9.52 Å². The summed E-state index contributed by atoms with van der Waals surface area (Å²) in [5, 5.41) is 8.74. The van der Waals surface area contributed by atoms with Crippen molar-refractivity contribution in [3.63, 3.8) is 0 Å². The fraction of sp³-hybridized carbons (Fsp3) is 0.467. The first-order valence-electron chi connectivity index (χ1n) is 6.08. The van der Waals surface area contributed by atoms with Crippen LogP contribution in [0.25, 0.3) is 0 Å². The van der Waals surface area contributed by atoms with Gasteiger partial charge >= 0.3 is 0 Å².